The van der Waals surface area contributed by atoms with Gasteiger partial charge in [0.05, 0.1) is 13.3 Å². The van der Waals surface area contributed by atoms with Crippen LogP contribution in [0.15, 0.2) is 6.20 Å². The Morgan fingerprint density at radius 3 is 3.00 bits per heavy atom. The van der Waals surface area contributed by atoms with Gasteiger partial charge in [-0.1, -0.05) is 6.92 Å². The molecule has 0 aliphatic carbocycles. The van der Waals surface area contributed by atoms with Crippen molar-refractivity contribution in [3.05, 3.63) is 6.20 Å². The van der Waals surface area contributed by atoms with Gasteiger partial charge in [-0.2, -0.15) is 5.10 Å². The summed E-state index contributed by atoms with van der Waals surface area (Å²) in [6.07, 6.45) is 2.92. The molecule has 14 heavy (non-hydrogen) atoms. The fourth-order valence-electron chi connectivity index (χ4n) is 1.19. The molecule has 1 rings (SSSR count). The zero-order chi connectivity index (χ0) is 10.6. The van der Waals surface area contributed by atoms with E-state index in [2.05, 4.69) is 10.4 Å². The minimum Gasteiger partial charge on any atom is -0.480 e. The molecule has 78 valence electrons. The molecule has 0 spiro atoms. The Hall–Kier alpha value is -1.52. The first-order chi connectivity index (χ1) is 6.69. The van der Waals surface area contributed by atoms with Crippen LogP contribution in [0.5, 0.6) is 5.88 Å². The number of nitrogens with one attached hydrogen (secondary N) is 1. The first-order valence-corrected chi connectivity index (χ1v) is 4.54. The second kappa shape index (κ2) is 4.64. The summed E-state index contributed by atoms with van der Waals surface area (Å²) in [5, 5.41) is 6.71. The normalized spacial score (nSPS) is 9.93. The maximum Gasteiger partial charge on any atom is 0.235 e. The van der Waals surface area contributed by atoms with Crippen molar-refractivity contribution in [2.24, 2.45) is 7.05 Å². The lowest BCUT2D eigenvalue weighted by Gasteiger charge is -2.05. The van der Waals surface area contributed by atoms with Gasteiger partial charge >= 0.3 is 0 Å². The van der Waals surface area contributed by atoms with Crippen molar-refractivity contribution in [2.75, 3.05) is 12.4 Å². The van der Waals surface area contributed by atoms with Crippen molar-refractivity contribution in [1.29, 1.82) is 0 Å². The Bertz CT molecular complexity index is 320. The fraction of sp³-hybridized carbons (Fsp3) is 0.556. The highest BCUT2D eigenvalue weighted by Crippen LogP contribution is 2.22. The largest absolute Gasteiger partial charge is 0.480 e. The number of rotatable bonds is 4. The number of aromatic nitrogens is 2. The lowest BCUT2D eigenvalue weighted by molar-refractivity contribution is -0.116. The third kappa shape index (κ3) is 2.25. The highest BCUT2D eigenvalue weighted by molar-refractivity contribution is 5.91. The van der Waals surface area contributed by atoms with E-state index in [-0.39, 0.29) is 5.91 Å². The van der Waals surface area contributed by atoms with E-state index in [4.69, 9.17) is 4.74 Å². The van der Waals surface area contributed by atoms with Crippen LogP contribution in [-0.2, 0) is 11.8 Å². The van der Waals surface area contributed by atoms with Crippen molar-refractivity contribution < 1.29 is 9.53 Å². The van der Waals surface area contributed by atoms with Crippen LogP contribution in [0.3, 0.4) is 0 Å². The van der Waals surface area contributed by atoms with Crippen LogP contribution in [0.2, 0.25) is 0 Å². The number of carbonyl (C=O) groups is 1. The number of nitrogens with zero attached hydrogens (tertiary/aromatic N) is 2. The first kappa shape index (κ1) is 10.6. The van der Waals surface area contributed by atoms with Crippen molar-refractivity contribution in [2.45, 2.75) is 19.8 Å². The smallest absolute Gasteiger partial charge is 0.235 e. The van der Waals surface area contributed by atoms with Gasteiger partial charge in [0.1, 0.15) is 5.69 Å². The summed E-state index contributed by atoms with van der Waals surface area (Å²) in [6, 6.07) is 0. The summed E-state index contributed by atoms with van der Waals surface area (Å²) >= 11 is 0. The molecule has 0 atom stereocenters. The van der Waals surface area contributed by atoms with E-state index in [0.717, 1.165) is 6.42 Å². The number of anilines is 1. The van der Waals surface area contributed by atoms with Crippen LogP contribution in [0.25, 0.3) is 0 Å². The number of carbonyl (C=O) groups excluding carboxylic acids is 1. The predicted octanol–water partition coefficient (Wildman–Crippen LogP) is 1.17. The van der Waals surface area contributed by atoms with Crippen LogP contribution >= 0.6 is 0 Å². The molecule has 0 fully saturated rings. The third-order valence-corrected chi connectivity index (χ3v) is 1.83. The van der Waals surface area contributed by atoms with Gasteiger partial charge in [0.15, 0.2) is 0 Å². The summed E-state index contributed by atoms with van der Waals surface area (Å²) in [6.45, 7) is 1.96. The summed E-state index contributed by atoms with van der Waals surface area (Å²) in [7, 11) is 3.31. The first-order valence-electron chi connectivity index (χ1n) is 4.54. The minimum absolute atomic E-state index is 0.0150. The van der Waals surface area contributed by atoms with Crippen molar-refractivity contribution in [1.82, 2.24) is 9.78 Å². The quantitative estimate of drug-likeness (QED) is 0.788. The van der Waals surface area contributed by atoms with Gasteiger partial charge < -0.3 is 10.1 Å². The van der Waals surface area contributed by atoms with Gasteiger partial charge in [-0.05, 0) is 6.42 Å². The van der Waals surface area contributed by atoms with Crippen molar-refractivity contribution in [3.8, 4) is 5.88 Å². The number of aryl methyl sites for hydroxylation is 1. The molecular formula is C9H15N3O2. The lowest BCUT2D eigenvalue weighted by Crippen LogP contribution is -2.11. The molecule has 5 heteroatoms. The van der Waals surface area contributed by atoms with Gasteiger partial charge in [0, 0.05) is 13.5 Å². The van der Waals surface area contributed by atoms with Gasteiger partial charge in [0.2, 0.25) is 11.8 Å². The summed E-state index contributed by atoms with van der Waals surface area (Å²) in [5.41, 5.74) is 0.619. The molecule has 0 saturated carbocycles. The molecular weight excluding hydrogens is 182 g/mol. The highest BCUT2D eigenvalue weighted by Gasteiger charge is 2.10. The van der Waals surface area contributed by atoms with E-state index in [1.165, 1.54) is 0 Å². The van der Waals surface area contributed by atoms with Crippen LogP contribution in [0.1, 0.15) is 19.8 Å². The predicted molar refractivity (Wildman–Crippen MR) is 53.3 cm³/mol. The topological polar surface area (TPSA) is 56.2 Å². The molecule has 0 aliphatic heterocycles. The molecule has 1 N–H and O–H groups in total. The third-order valence-electron chi connectivity index (χ3n) is 1.83. The van der Waals surface area contributed by atoms with Crippen LogP contribution < -0.4 is 10.1 Å². The second-order valence-electron chi connectivity index (χ2n) is 2.99. The van der Waals surface area contributed by atoms with Gasteiger partial charge in [0.25, 0.3) is 0 Å². The average molecular weight is 197 g/mol. The highest BCUT2D eigenvalue weighted by atomic mass is 16.5. The SMILES string of the molecule is CCCC(=O)Nc1cnn(C)c1OC. The van der Waals surface area contributed by atoms with Crippen LogP contribution in [-0.4, -0.2) is 22.8 Å². The summed E-state index contributed by atoms with van der Waals surface area (Å²) in [5.74, 6) is 0.549. The maximum absolute atomic E-state index is 11.3. The van der Waals surface area contributed by atoms with Crippen LogP contribution in [0.4, 0.5) is 5.69 Å². The molecule has 0 bridgehead atoms. The van der Waals surface area contributed by atoms with E-state index in [0.29, 0.717) is 18.0 Å². The Balaban J connectivity index is 2.71. The van der Waals surface area contributed by atoms with E-state index < -0.39 is 0 Å². The van der Waals surface area contributed by atoms with Gasteiger partial charge in [-0.3, -0.25) is 4.79 Å². The summed E-state index contributed by atoms with van der Waals surface area (Å²) < 4.78 is 6.65. The molecule has 0 saturated heterocycles. The molecule has 0 aromatic carbocycles. The average Bonchev–Trinajstić information content (AvgIpc) is 2.47. The summed E-state index contributed by atoms with van der Waals surface area (Å²) in [4.78, 5) is 11.3. The van der Waals surface area contributed by atoms with E-state index >= 15 is 0 Å². The van der Waals surface area contributed by atoms with Gasteiger partial charge in [-0.15, -0.1) is 0 Å². The number of ether oxygens (including phenoxy) is 1. The van der Waals surface area contributed by atoms with Gasteiger partial charge in [-0.25, -0.2) is 4.68 Å². The maximum atomic E-state index is 11.3. The van der Waals surface area contributed by atoms with Crippen molar-refractivity contribution in [3.63, 3.8) is 0 Å². The lowest BCUT2D eigenvalue weighted by atomic mass is 10.3. The van der Waals surface area contributed by atoms with Crippen molar-refractivity contribution >= 4 is 11.6 Å². The second-order valence-corrected chi connectivity index (χ2v) is 2.99. The standard InChI is InChI=1S/C9H15N3O2/c1-4-5-8(13)11-7-6-10-12(2)9(7)14-3/h6H,4-5H2,1-3H3,(H,11,13). The fourth-order valence-corrected chi connectivity index (χ4v) is 1.19. The molecule has 1 amide bonds. The number of hydrogen-bond donors (Lipinski definition) is 1. The van der Waals surface area contributed by atoms with E-state index in [9.17, 15) is 4.79 Å². The Kier molecular flexibility index (Phi) is 3.50. The number of hydrogen-bond acceptors (Lipinski definition) is 3. The monoisotopic (exact) mass is 197 g/mol. The van der Waals surface area contributed by atoms with E-state index in [1.807, 2.05) is 6.92 Å². The zero-order valence-electron chi connectivity index (χ0n) is 8.70. The molecule has 0 aliphatic rings. The molecule has 5 nitrogen and oxygen atoms in total. The Morgan fingerprint density at radius 1 is 1.71 bits per heavy atom. The Morgan fingerprint density at radius 2 is 2.43 bits per heavy atom. The van der Waals surface area contributed by atoms with Crippen LogP contribution in [0, 0.1) is 0 Å². The molecule has 1 heterocycles. The minimum atomic E-state index is -0.0150. The zero-order valence-corrected chi connectivity index (χ0v) is 8.70. The van der Waals surface area contributed by atoms with E-state index in [1.54, 1.807) is 25.0 Å². The molecule has 0 radical (unpaired) electrons. The number of amides is 1. The Labute approximate surface area is 83.1 Å². The molecule has 1 aromatic heterocycles. The number of methoxy groups -OCH3 is 1. The molecule has 0 unspecified atom stereocenters. The molecule has 1 aromatic rings.